The summed E-state index contributed by atoms with van der Waals surface area (Å²) in [5.74, 6) is 0. The maximum atomic E-state index is 11.8. The molecule has 1 unspecified atom stereocenters. The first kappa shape index (κ1) is 13.9. The van der Waals surface area contributed by atoms with Crippen LogP contribution < -0.4 is 11.1 Å². The first-order valence-corrected chi connectivity index (χ1v) is 6.62. The molecule has 0 radical (unpaired) electrons. The van der Waals surface area contributed by atoms with Crippen molar-refractivity contribution in [2.75, 3.05) is 6.54 Å². The first-order valence-electron chi connectivity index (χ1n) is 6.62. The van der Waals surface area contributed by atoms with Gasteiger partial charge in [-0.1, -0.05) is 0 Å². The van der Waals surface area contributed by atoms with Gasteiger partial charge >= 0.3 is 6.09 Å². The van der Waals surface area contributed by atoms with E-state index in [1.807, 2.05) is 20.8 Å². The molecule has 0 saturated heterocycles. The molecule has 0 aliphatic heterocycles. The second kappa shape index (κ2) is 5.21. The van der Waals surface area contributed by atoms with E-state index in [-0.39, 0.29) is 6.04 Å². The van der Waals surface area contributed by atoms with Crippen LogP contribution in [-0.2, 0) is 4.74 Å². The van der Waals surface area contributed by atoms with Gasteiger partial charge in [-0.15, -0.1) is 0 Å². The molecule has 1 aromatic rings. The molecule has 1 aliphatic carbocycles. The van der Waals surface area contributed by atoms with E-state index < -0.39 is 11.7 Å². The van der Waals surface area contributed by atoms with Crippen molar-refractivity contribution in [1.82, 2.24) is 14.9 Å². The summed E-state index contributed by atoms with van der Waals surface area (Å²) in [6.07, 6.45) is 5.42. The third-order valence-corrected chi connectivity index (χ3v) is 2.92. The lowest BCUT2D eigenvalue weighted by Gasteiger charge is -2.23. The van der Waals surface area contributed by atoms with Crippen LogP contribution in [0.2, 0.25) is 0 Å². The fourth-order valence-electron chi connectivity index (χ4n) is 1.95. The van der Waals surface area contributed by atoms with E-state index in [9.17, 15) is 4.79 Å². The zero-order valence-corrected chi connectivity index (χ0v) is 11.7. The third-order valence-electron chi connectivity index (χ3n) is 2.92. The minimum absolute atomic E-state index is 0.266. The summed E-state index contributed by atoms with van der Waals surface area (Å²) in [6, 6.07) is 0.241. The van der Waals surface area contributed by atoms with Crippen LogP contribution in [0.4, 0.5) is 4.79 Å². The smallest absolute Gasteiger partial charge is 0.408 e. The average Bonchev–Trinajstić information content (AvgIpc) is 3.02. The van der Waals surface area contributed by atoms with Crippen LogP contribution in [-0.4, -0.2) is 27.8 Å². The summed E-state index contributed by atoms with van der Waals surface area (Å²) in [5, 5.41) is 2.80. The van der Waals surface area contributed by atoms with Gasteiger partial charge in [0.25, 0.3) is 0 Å². The predicted octanol–water partition coefficient (Wildman–Crippen LogP) is 1.74. The standard InChI is InChI=1S/C13H22N4O2/c1-13(2,3)19-12(18)16-10(6-14)11-7-15-8-17(11)9-4-5-9/h7-10H,4-6,14H2,1-3H3,(H,16,18). The number of alkyl carbamates (subject to hydrolysis) is 1. The van der Waals surface area contributed by atoms with Crippen molar-refractivity contribution in [1.29, 1.82) is 0 Å². The average molecular weight is 266 g/mol. The van der Waals surface area contributed by atoms with Crippen LogP contribution in [0.15, 0.2) is 12.5 Å². The van der Waals surface area contributed by atoms with E-state index in [1.165, 1.54) is 0 Å². The van der Waals surface area contributed by atoms with Gasteiger partial charge in [0.15, 0.2) is 0 Å². The largest absolute Gasteiger partial charge is 0.444 e. The Hall–Kier alpha value is -1.56. The summed E-state index contributed by atoms with van der Waals surface area (Å²) in [4.78, 5) is 16.0. The molecule has 6 nitrogen and oxygen atoms in total. The molecule has 106 valence electrons. The molecule has 2 rings (SSSR count). The maximum Gasteiger partial charge on any atom is 0.408 e. The monoisotopic (exact) mass is 266 g/mol. The van der Waals surface area contributed by atoms with Gasteiger partial charge in [0.05, 0.1) is 24.3 Å². The molecule has 0 aromatic carbocycles. The zero-order valence-electron chi connectivity index (χ0n) is 11.7. The van der Waals surface area contributed by atoms with Gasteiger partial charge < -0.3 is 20.4 Å². The highest BCUT2D eigenvalue weighted by atomic mass is 16.6. The number of nitrogens with two attached hydrogens (primary N) is 1. The van der Waals surface area contributed by atoms with Crippen molar-refractivity contribution in [3.63, 3.8) is 0 Å². The van der Waals surface area contributed by atoms with Gasteiger partial charge in [0.2, 0.25) is 0 Å². The Morgan fingerprint density at radius 2 is 2.32 bits per heavy atom. The quantitative estimate of drug-likeness (QED) is 0.869. The number of imidazole rings is 1. The highest BCUT2D eigenvalue weighted by Crippen LogP contribution is 2.36. The Labute approximate surface area is 113 Å². The second-order valence-corrected chi connectivity index (χ2v) is 5.89. The van der Waals surface area contributed by atoms with E-state index in [4.69, 9.17) is 10.5 Å². The number of nitrogens with zero attached hydrogens (tertiary/aromatic N) is 2. The number of carbonyl (C=O) groups is 1. The van der Waals surface area contributed by atoms with Gasteiger partial charge in [0, 0.05) is 12.6 Å². The van der Waals surface area contributed by atoms with Crippen LogP contribution in [0.3, 0.4) is 0 Å². The van der Waals surface area contributed by atoms with Gasteiger partial charge in [0.1, 0.15) is 5.60 Å². The molecular formula is C13H22N4O2. The Bertz CT molecular complexity index is 446. The van der Waals surface area contributed by atoms with E-state index in [0.717, 1.165) is 18.5 Å². The maximum absolute atomic E-state index is 11.8. The summed E-state index contributed by atoms with van der Waals surface area (Å²) in [6.45, 7) is 5.81. The SMILES string of the molecule is CC(C)(C)OC(=O)NC(CN)c1cncn1C1CC1. The van der Waals surface area contributed by atoms with E-state index in [0.29, 0.717) is 12.6 Å². The summed E-state index contributed by atoms with van der Waals surface area (Å²) in [5.41, 5.74) is 6.18. The molecule has 1 atom stereocenters. The Balaban J connectivity index is 2.03. The molecule has 1 amide bonds. The van der Waals surface area contributed by atoms with Crippen molar-refractivity contribution in [2.45, 2.75) is 51.3 Å². The highest BCUT2D eigenvalue weighted by molar-refractivity contribution is 5.68. The fraction of sp³-hybridized carbons (Fsp3) is 0.692. The summed E-state index contributed by atoms with van der Waals surface area (Å²) >= 11 is 0. The van der Waals surface area contributed by atoms with Crippen molar-refractivity contribution in [2.24, 2.45) is 5.73 Å². The fourth-order valence-corrected chi connectivity index (χ4v) is 1.95. The van der Waals surface area contributed by atoms with E-state index >= 15 is 0 Å². The van der Waals surface area contributed by atoms with Crippen molar-refractivity contribution in [3.05, 3.63) is 18.2 Å². The Morgan fingerprint density at radius 3 is 2.84 bits per heavy atom. The van der Waals surface area contributed by atoms with Crippen LogP contribution in [0.1, 0.15) is 51.4 Å². The summed E-state index contributed by atoms with van der Waals surface area (Å²) in [7, 11) is 0. The number of amides is 1. The topological polar surface area (TPSA) is 82.2 Å². The van der Waals surface area contributed by atoms with E-state index in [2.05, 4.69) is 14.9 Å². The molecule has 1 saturated carbocycles. The van der Waals surface area contributed by atoms with Gasteiger partial charge in [-0.05, 0) is 33.6 Å². The lowest BCUT2D eigenvalue weighted by atomic mass is 10.2. The number of carbonyl (C=O) groups excluding carboxylic acids is 1. The Kier molecular flexibility index (Phi) is 3.80. The minimum atomic E-state index is -0.514. The van der Waals surface area contributed by atoms with Gasteiger partial charge in [-0.25, -0.2) is 9.78 Å². The Morgan fingerprint density at radius 1 is 1.63 bits per heavy atom. The molecule has 0 spiro atoms. The molecular weight excluding hydrogens is 244 g/mol. The van der Waals surface area contributed by atoms with Crippen molar-refractivity contribution < 1.29 is 9.53 Å². The lowest BCUT2D eigenvalue weighted by molar-refractivity contribution is 0.0503. The minimum Gasteiger partial charge on any atom is -0.444 e. The normalized spacial score (nSPS) is 17.1. The van der Waals surface area contributed by atoms with Crippen LogP contribution >= 0.6 is 0 Å². The number of ether oxygens (including phenoxy) is 1. The molecule has 1 aliphatic rings. The highest BCUT2D eigenvalue weighted by Gasteiger charge is 2.28. The number of hydrogen-bond donors (Lipinski definition) is 2. The van der Waals surface area contributed by atoms with Gasteiger partial charge in [-0.2, -0.15) is 0 Å². The van der Waals surface area contributed by atoms with Gasteiger partial charge in [-0.3, -0.25) is 0 Å². The van der Waals surface area contributed by atoms with Crippen molar-refractivity contribution in [3.8, 4) is 0 Å². The molecule has 1 fully saturated rings. The zero-order chi connectivity index (χ0) is 14.0. The number of aromatic nitrogens is 2. The first-order chi connectivity index (χ1) is 8.90. The van der Waals surface area contributed by atoms with Crippen LogP contribution in [0.25, 0.3) is 0 Å². The number of nitrogens with one attached hydrogen (secondary N) is 1. The molecule has 0 bridgehead atoms. The second-order valence-electron chi connectivity index (χ2n) is 5.89. The number of hydrogen-bond acceptors (Lipinski definition) is 4. The van der Waals surface area contributed by atoms with Crippen LogP contribution in [0, 0.1) is 0 Å². The van der Waals surface area contributed by atoms with Crippen molar-refractivity contribution >= 4 is 6.09 Å². The molecule has 3 N–H and O–H groups in total. The number of rotatable bonds is 4. The predicted molar refractivity (Wildman–Crippen MR) is 71.7 cm³/mol. The molecule has 1 aromatic heterocycles. The van der Waals surface area contributed by atoms with Crippen LogP contribution in [0.5, 0.6) is 0 Å². The summed E-state index contributed by atoms with van der Waals surface area (Å²) < 4.78 is 7.34. The lowest BCUT2D eigenvalue weighted by Crippen LogP contribution is -2.38. The third kappa shape index (κ3) is 3.70. The molecule has 1 heterocycles. The molecule has 6 heteroatoms. The molecule has 19 heavy (non-hydrogen) atoms. The van der Waals surface area contributed by atoms with E-state index in [1.54, 1.807) is 12.5 Å².